The number of carbonyl (C=O) groups is 3. The Morgan fingerprint density at radius 1 is 1.32 bits per heavy atom. The predicted molar refractivity (Wildman–Crippen MR) is 99.1 cm³/mol. The van der Waals surface area contributed by atoms with Crippen LogP contribution in [0.5, 0.6) is 0 Å². The molecule has 3 amide bonds. The number of carbonyl (C=O) groups excluding carboxylic acids is 3. The average molecular weight is 398 g/mol. The summed E-state index contributed by atoms with van der Waals surface area (Å²) in [6, 6.07) is 2.63. The Hall–Kier alpha value is -2.59. The van der Waals surface area contributed by atoms with Crippen molar-refractivity contribution in [3.8, 4) is 0 Å². The summed E-state index contributed by atoms with van der Waals surface area (Å²) in [5.74, 6) is -1.95. The minimum absolute atomic E-state index is 0.0662. The first-order valence-corrected chi connectivity index (χ1v) is 8.94. The molecule has 3 N–H and O–H groups in total. The quantitative estimate of drug-likeness (QED) is 0.639. The van der Waals surface area contributed by atoms with Gasteiger partial charge in [-0.25, -0.2) is 8.78 Å². The third-order valence-electron chi connectivity index (χ3n) is 4.50. The maximum Gasteiger partial charge on any atom is 0.265 e. The molecular formula is C18H24F2N4O4. The van der Waals surface area contributed by atoms with Crippen molar-refractivity contribution in [2.45, 2.75) is 26.3 Å². The smallest absolute Gasteiger partial charge is 0.265 e. The van der Waals surface area contributed by atoms with Crippen LogP contribution in [0.25, 0.3) is 0 Å². The molecule has 1 heterocycles. The highest BCUT2D eigenvalue weighted by Crippen LogP contribution is 2.33. The number of morpholine rings is 1. The second kappa shape index (κ2) is 9.56. The summed E-state index contributed by atoms with van der Waals surface area (Å²) in [6.45, 7) is 4.61. The van der Waals surface area contributed by atoms with E-state index in [4.69, 9.17) is 10.5 Å². The van der Waals surface area contributed by atoms with Gasteiger partial charge in [0.1, 0.15) is 6.61 Å². The minimum Gasteiger partial charge on any atom is -0.370 e. The molecule has 0 saturated carbocycles. The summed E-state index contributed by atoms with van der Waals surface area (Å²) < 4.78 is 32.2. The third kappa shape index (κ3) is 4.82. The first-order chi connectivity index (χ1) is 13.3. The van der Waals surface area contributed by atoms with Crippen LogP contribution >= 0.6 is 0 Å². The van der Waals surface area contributed by atoms with Crippen LogP contribution in [-0.2, 0) is 19.1 Å². The normalized spacial score (nSPS) is 15.8. The topological polar surface area (TPSA) is 105 Å². The highest BCUT2D eigenvalue weighted by molar-refractivity contribution is 6.09. The van der Waals surface area contributed by atoms with Gasteiger partial charge in [0.15, 0.2) is 6.04 Å². The zero-order chi connectivity index (χ0) is 20.8. The number of likely N-dealkylation sites (N-methyl/N-ethyl adjacent to an activating group) is 1. The van der Waals surface area contributed by atoms with Crippen LogP contribution in [-0.4, -0.2) is 61.5 Å². The minimum atomic E-state index is -2.86. The molecule has 1 saturated heterocycles. The molecule has 0 bridgehead atoms. The maximum atomic E-state index is 13.6. The number of nitrogens with one attached hydrogen (secondary N) is 1. The summed E-state index contributed by atoms with van der Waals surface area (Å²) >= 11 is 0. The van der Waals surface area contributed by atoms with Crippen molar-refractivity contribution in [3.05, 3.63) is 23.8 Å². The Bertz CT molecular complexity index is 740. The van der Waals surface area contributed by atoms with Gasteiger partial charge in [0.2, 0.25) is 5.91 Å². The fraction of sp³-hybridized carbons (Fsp3) is 0.500. The van der Waals surface area contributed by atoms with Crippen LogP contribution in [0.1, 0.15) is 25.8 Å². The SMILES string of the molecule is CCN(CC)[C@H](C(N)=O)C(=O)Nc1ccc(N2CCOCC2=O)c(C(F)F)c1. The van der Waals surface area contributed by atoms with E-state index in [2.05, 4.69) is 5.32 Å². The number of amides is 3. The van der Waals surface area contributed by atoms with Crippen LogP contribution < -0.4 is 16.0 Å². The van der Waals surface area contributed by atoms with Gasteiger partial charge < -0.3 is 20.7 Å². The van der Waals surface area contributed by atoms with Crippen molar-refractivity contribution >= 4 is 29.1 Å². The Balaban J connectivity index is 2.29. The van der Waals surface area contributed by atoms with Crippen molar-refractivity contribution in [2.24, 2.45) is 5.73 Å². The number of hydrogen-bond acceptors (Lipinski definition) is 5. The number of rotatable bonds is 8. The van der Waals surface area contributed by atoms with Crippen molar-refractivity contribution in [1.29, 1.82) is 0 Å². The highest BCUT2D eigenvalue weighted by Gasteiger charge is 2.30. The van der Waals surface area contributed by atoms with Crippen molar-refractivity contribution < 1.29 is 27.9 Å². The number of hydrogen-bond donors (Lipinski definition) is 2. The van der Waals surface area contributed by atoms with Gasteiger partial charge in [0.05, 0.1) is 12.3 Å². The van der Waals surface area contributed by atoms with Crippen molar-refractivity contribution in [1.82, 2.24) is 4.90 Å². The number of anilines is 2. The lowest BCUT2D eigenvalue weighted by Crippen LogP contribution is -2.52. The summed E-state index contributed by atoms with van der Waals surface area (Å²) in [6.07, 6.45) is -2.86. The van der Waals surface area contributed by atoms with Gasteiger partial charge in [-0.3, -0.25) is 19.3 Å². The number of nitrogens with zero attached hydrogens (tertiary/aromatic N) is 2. The molecule has 0 radical (unpaired) electrons. The zero-order valence-electron chi connectivity index (χ0n) is 15.8. The average Bonchev–Trinajstić information content (AvgIpc) is 2.66. The number of halogens is 2. The summed E-state index contributed by atoms with van der Waals surface area (Å²) in [5, 5.41) is 2.47. The molecule has 10 heteroatoms. The van der Waals surface area contributed by atoms with Gasteiger partial charge in [-0.15, -0.1) is 0 Å². The second-order valence-corrected chi connectivity index (χ2v) is 6.19. The lowest BCUT2D eigenvalue weighted by molar-refractivity contribution is -0.132. The number of benzene rings is 1. The van der Waals surface area contributed by atoms with Crippen LogP contribution in [0.2, 0.25) is 0 Å². The molecule has 0 spiro atoms. The molecule has 0 aliphatic carbocycles. The van der Waals surface area contributed by atoms with Crippen LogP contribution in [0.4, 0.5) is 20.2 Å². The van der Waals surface area contributed by atoms with Gasteiger partial charge in [-0.2, -0.15) is 0 Å². The molecule has 1 fully saturated rings. The van der Waals surface area contributed by atoms with E-state index in [1.54, 1.807) is 18.7 Å². The van der Waals surface area contributed by atoms with E-state index in [0.29, 0.717) is 13.1 Å². The zero-order valence-corrected chi connectivity index (χ0v) is 15.8. The van der Waals surface area contributed by atoms with Crippen LogP contribution in [0.15, 0.2) is 18.2 Å². The van der Waals surface area contributed by atoms with E-state index in [9.17, 15) is 23.2 Å². The number of alkyl halides is 2. The van der Waals surface area contributed by atoms with Gasteiger partial charge in [0, 0.05) is 17.8 Å². The van der Waals surface area contributed by atoms with Crippen molar-refractivity contribution in [2.75, 3.05) is 43.1 Å². The Kier molecular flexibility index (Phi) is 7.41. The summed E-state index contributed by atoms with van der Waals surface area (Å²) in [4.78, 5) is 39.0. The standard InChI is InChI=1S/C18H24F2N4O4/c1-3-23(4-2)15(17(21)26)18(27)22-11-5-6-13(12(9-11)16(19)20)24-7-8-28-10-14(24)25/h5-6,9,15-16H,3-4,7-8,10H2,1-2H3,(H2,21,26)(H,22,27)/t15-/m1/s1. The Labute approximate surface area is 161 Å². The lowest BCUT2D eigenvalue weighted by atomic mass is 10.1. The third-order valence-corrected chi connectivity index (χ3v) is 4.50. The van der Waals surface area contributed by atoms with E-state index in [1.165, 1.54) is 17.0 Å². The van der Waals surface area contributed by atoms with Crippen molar-refractivity contribution in [3.63, 3.8) is 0 Å². The molecule has 1 aliphatic rings. The summed E-state index contributed by atoms with van der Waals surface area (Å²) in [7, 11) is 0. The molecule has 1 aromatic rings. The molecule has 28 heavy (non-hydrogen) atoms. The van der Waals surface area contributed by atoms with Gasteiger partial charge in [0.25, 0.3) is 18.2 Å². The van der Waals surface area contributed by atoms with E-state index >= 15 is 0 Å². The van der Waals surface area contributed by atoms with Gasteiger partial charge in [-0.05, 0) is 31.3 Å². The second-order valence-electron chi connectivity index (χ2n) is 6.19. The number of nitrogens with two attached hydrogens (primary N) is 1. The Morgan fingerprint density at radius 2 is 2.00 bits per heavy atom. The predicted octanol–water partition coefficient (Wildman–Crippen LogP) is 1.12. The van der Waals surface area contributed by atoms with E-state index in [1.807, 2.05) is 0 Å². The van der Waals surface area contributed by atoms with Crippen LogP contribution in [0, 0.1) is 0 Å². The van der Waals surface area contributed by atoms with Gasteiger partial charge in [-0.1, -0.05) is 13.8 Å². The Morgan fingerprint density at radius 3 is 2.54 bits per heavy atom. The maximum absolute atomic E-state index is 13.6. The lowest BCUT2D eigenvalue weighted by Gasteiger charge is -2.29. The molecule has 1 aromatic carbocycles. The van der Waals surface area contributed by atoms with E-state index in [0.717, 1.165) is 6.07 Å². The molecule has 2 rings (SSSR count). The fourth-order valence-electron chi connectivity index (χ4n) is 3.10. The number of ether oxygens (including phenoxy) is 1. The molecular weight excluding hydrogens is 374 g/mol. The van der Waals surface area contributed by atoms with Crippen LogP contribution in [0.3, 0.4) is 0 Å². The largest absolute Gasteiger partial charge is 0.370 e. The first-order valence-electron chi connectivity index (χ1n) is 8.94. The van der Waals surface area contributed by atoms with Gasteiger partial charge >= 0.3 is 0 Å². The number of primary amides is 1. The van der Waals surface area contributed by atoms with E-state index in [-0.39, 0.29) is 31.1 Å². The highest BCUT2D eigenvalue weighted by atomic mass is 19.3. The first kappa shape index (κ1) is 21.7. The summed E-state index contributed by atoms with van der Waals surface area (Å²) in [5.41, 5.74) is 5.10. The molecule has 1 aliphatic heterocycles. The fourth-order valence-corrected chi connectivity index (χ4v) is 3.10. The molecule has 0 aromatic heterocycles. The van der Waals surface area contributed by atoms with E-state index < -0.39 is 35.8 Å². The molecule has 8 nitrogen and oxygen atoms in total. The molecule has 154 valence electrons. The molecule has 1 atom stereocenters. The molecule has 0 unspecified atom stereocenters. The monoisotopic (exact) mass is 398 g/mol.